The van der Waals surface area contributed by atoms with Gasteiger partial charge in [0.25, 0.3) is 0 Å². The third-order valence-electron chi connectivity index (χ3n) is 3.18. The highest BCUT2D eigenvalue weighted by atomic mass is 32.2. The highest BCUT2D eigenvalue weighted by molar-refractivity contribution is 8.00. The normalized spacial score (nSPS) is 14.0. The van der Waals surface area contributed by atoms with Crippen LogP contribution in [0.25, 0.3) is 0 Å². The molecule has 4 heteroatoms. The Bertz CT molecular complexity index is 653. The Kier molecular flexibility index (Phi) is 4.25. The molecular weight excluding hydrogens is 287 g/mol. The van der Waals surface area contributed by atoms with Crippen molar-refractivity contribution in [2.24, 2.45) is 0 Å². The summed E-state index contributed by atoms with van der Waals surface area (Å²) >= 11 is 1.22. The van der Waals surface area contributed by atoms with E-state index in [1.807, 2.05) is 12.1 Å². The lowest BCUT2D eigenvalue weighted by molar-refractivity contribution is 0.102. The fourth-order valence-electron chi connectivity index (χ4n) is 1.91. The summed E-state index contributed by atoms with van der Waals surface area (Å²) in [7, 11) is 0. The summed E-state index contributed by atoms with van der Waals surface area (Å²) in [6.45, 7) is 0. The zero-order chi connectivity index (χ0) is 14.7. The van der Waals surface area contributed by atoms with Crippen molar-refractivity contribution in [3.05, 3.63) is 59.9 Å². The van der Waals surface area contributed by atoms with Crippen LogP contribution in [0.3, 0.4) is 0 Å². The molecule has 21 heavy (non-hydrogen) atoms. The van der Waals surface area contributed by atoms with E-state index in [1.54, 1.807) is 30.3 Å². The molecule has 1 saturated carbocycles. The van der Waals surface area contributed by atoms with Crippen LogP contribution in [0.2, 0.25) is 0 Å². The topological polar surface area (TPSA) is 26.3 Å². The molecule has 0 radical (unpaired) electrons. The second kappa shape index (κ2) is 6.31. The van der Waals surface area contributed by atoms with Gasteiger partial charge < -0.3 is 4.74 Å². The highest BCUT2D eigenvalue weighted by Gasteiger charge is 2.23. The number of thioether (sulfide) groups is 1. The summed E-state index contributed by atoms with van der Waals surface area (Å²) in [6, 6.07) is 13.7. The van der Waals surface area contributed by atoms with Crippen molar-refractivity contribution in [3.8, 4) is 5.75 Å². The van der Waals surface area contributed by atoms with E-state index in [2.05, 4.69) is 0 Å². The number of carbonyl (C=O) groups is 1. The number of ether oxygens (including phenoxy) is 1. The van der Waals surface area contributed by atoms with Gasteiger partial charge in [-0.3, -0.25) is 4.79 Å². The van der Waals surface area contributed by atoms with E-state index in [0.29, 0.717) is 16.6 Å². The molecule has 0 N–H and O–H groups in total. The maximum Gasteiger partial charge on any atom is 0.173 e. The van der Waals surface area contributed by atoms with Gasteiger partial charge in [-0.05, 0) is 37.1 Å². The lowest BCUT2D eigenvalue weighted by atomic mass is 10.1. The minimum absolute atomic E-state index is 0.0236. The molecule has 0 aromatic heterocycles. The molecule has 2 nitrogen and oxygen atoms in total. The molecule has 0 spiro atoms. The molecule has 2 aromatic rings. The maximum absolute atomic E-state index is 13.5. The number of benzene rings is 2. The van der Waals surface area contributed by atoms with E-state index in [4.69, 9.17) is 4.74 Å². The van der Waals surface area contributed by atoms with Gasteiger partial charge in [0.05, 0.1) is 11.9 Å². The Balaban J connectivity index is 1.63. The van der Waals surface area contributed by atoms with Gasteiger partial charge in [0.15, 0.2) is 5.78 Å². The van der Waals surface area contributed by atoms with Crippen molar-refractivity contribution in [3.63, 3.8) is 0 Å². The lowest BCUT2D eigenvalue weighted by Crippen LogP contribution is -2.04. The number of rotatable bonds is 6. The predicted molar refractivity (Wildman–Crippen MR) is 81.5 cm³/mol. The van der Waals surface area contributed by atoms with Gasteiger partial charge in [-0.1, -0.05) is 24.3 Å². The molecule has 1 fully saturated rings. The van der Waals surface area contributed by atoms with Crippen LogP contribution in [0.5, 0.6) is 5.75 Å². The van der Waals surface area contributed by atoms with E-state index >= 15 is 0 Å². The van der Waals surface area contributed by atoms with Crippen LogP contribution in [0.4, 0.5) is 4.39 Å². The summed E-state index contributed by atoms with van der Waals surface area (Å²) in [4.78, 5) is 12.7. The minimum Gasteiger partial charge on any atom is -0.490 e. The Labute approximate surface area is 127 Å². The Morgan fingerprint density at radius 3 is 2.76 bits per heavy atom. The molecule has 3 rings (SSSR count). The van der Waals surface area contributed by atoms with E-state index < -0.39 is 0 Å². The smallest absolute Gasteiger partial charge is 0.173 e. The molecule has 2 aromatic carbocycles. The largest absolute Gasteiger partial charge is 0.490 e. The first-order chi connectivity index (χ1) is 10.2. The second-order valence-electron chi connectivity index (χ2n) is 4.99. The second-order valence-corrected chi connectivity index (χ2v) is 6.00. The van der Waals surface area contributed by atoms with Gasteiger partial charge in [-0.15, -0.1) is 11.8 Å². The first-order valence-corrected chi connectivity index (χ1v) is 7.88. The van der Waals surface area contributed by atoms with Crippen molar-refractivity contribution >= 4 is 17.5 Å². The molecule has 0 bridgehead atoms. The SMILES string of the molecule is O=C(CSc1ccccc1F)c1cccc(OC2CC2)c1. The van der Waals surface area contributed by atoms with Crippen LogP contribution in [0.1, 0.15) is 23.2 Å². The van der Waals surface area contributed by atoms with Crippen molar-refractivity contribution in [2.75, 3.05) is 5.75 Å². The van der Waals surface area contributed by atoms with Crippen molar-refractivity contribution < 1.29 is 13.9 Å². The van der Waals surface area contributed by atoms with Crippen LogP contribution < -0.4 is 4.74 Å². The number of hydrogen-bond donors (Lipinski definition) is 0. The fourth-order valence-corrected chi connectivity index (χ4v) is 2.74. The van der Waals surface area contributed by atoms with Crippen LogP contribution >= 0.6 is 11.8 Å². The number of halogens is 1. The average Bonchev–Trinajstić information content (AvgIpc) is 3.30. The predicted octanol–water partition coefficient (Wildman–Crippen LogP) is 4.34. The quantitative estimate of drug-likeness (QED) is 0.586. The Morgan fingerprint density at radius 1 is 1.19 bits per heavy atom. The van der Waals surface area contributed by atoms with Crippen molar-refractivity contribution in [1.82, 2.24) is 0 Å². The van der Waals surface area contributed by atoms with Crippen molar-refractivity contribution in [2.45, 2.75) is 23.8 Å². The summed E-state index contributed by atoms with van der Waals surface area (Å²) in [5.74, 6) is 0.637. The van der Waals surface area contributed by atoms with Crippen LogP contribution in [0, 0.1) is 5.82 Å². The molecule has 108 valence electrons. The van der Waals surface area contributed by atoms with E-state index in [-0.39, 0.29) is 17.4 Å². The van der Waals surface area contributed by atoms with Crippen LogP contribution in [-0.4, -0.2) is 17.6 Å². The number of hydrogen-bond acceptors (Lipinski definition) is 3. The van der Waals surface area contributed by atoms with Gasteiger partial charge in [0.2, 0.25) is 0 Å². The van der Waals surface area contributed by atoms with Gasteiger partial charge in [-0.2, -0.15) is 0 Å². The van der Waals surface area contributed by atoms with Crippen LogP contribution in [-0.2, 0) is 0 Å². The molecule has 0 heterocycles. The maximum atomic E-state index is 13.5. The molecule has 1 aliphatic carbocycles. The number of Topliss-reactive ketones (excluding diaryl/α,β-unsaturated/α-hetero) is 1. The third-order valence-corrected chi connectivity index (χ3v) is 4.23. The van der Waals surface area contributed by atoms with Gasteiger partial charge in [0, 0.05) is 10.5 Å². The Hall–Kier alpha value is -1.81. The zero-order valence-electron chi connectivity index (χ0n) is 11.4. The molecule has 1 aliphatic rings. The van der Waals surface area contributed by atoms with E-state index in [9.17, 15) is 9.18 Å². The Morgan fingerprint density at radius 2 is 2.00 bits per heavy atom. The zero-order valence-corrected chi connectivity index (χ0v) is 12.2. The highest BCUT2D eigenvalue weighted by Crippen LogP contribution is 2.28. The van der Waals surface area contributed by atoms with Gasteiger partial charge in [-0.25, -0.2) is 4.39 Å². The third kappa shape index (κ3) is 3.85. The summed E-state index contributed by atoms with van der Waals surface area (Å²) in [6.07, 6.45) is 2.48. The van der Waals surface area contributed by atoms with E-state index in [1.165, 1.54) is 17.8 Å². The van der Waals surface area contributed by atoms with E-state index in [0.717, 1.165) is 18.6 Å². The first kappa shape index (κ1) is 14.1. The number of carbonyl (C=O) groups excluding carboxylic acids is 1. The van der Waals surface area contributed by atoms with Gasteiger partial charge in [0.1, 0.15) is 11.6 Å². The molecule has 0 unspecified atom stereocenters. The first-order valence-electron chi connectivity index (χ1n) is 6.89. The molecule has 0 atom stereocenters. The minimum atomic E-state index is -0.291. The summed E-state index contributed by atoms with van der Waals surface area (Å²) in [5.41, 5.74) is 0.608. The number of ketones is 1. The lowest BCUT2D eigenvalue weighted by Gasteiger charge is -2.07. The molecule has 0 amide bonds. The molecule has 0 saturated heterocycles. The van der Waals surface area contributed by atoms with Gasteiger partial charge >= 0.3 is 0 Å². The molecule has 0 aliphatic heterocycles. The van der Waals surface area contributed by atoms with Crippen molar-refractivity contribution in [1.29, 1.82) is 0 Å². The monoisotopic (exact) mass is 302 g/mol. The van der Waals surface area contributed by atoms with Crippen LogP contribution in [0.15, 0.2) is 53.4 Å². The standard InChI is InChI=1S/C17H15FO2S/c18-15-6-1-2-7-17(15)21-11-16(19)12-4-3-5-14(10-12)20-13-8-9-13/h1-7,10,13H,8-9,11H2. The summed E-state index contributed by atoms with van der Waals surface area (Å²) in [5, 5.41) is 0. The molecular formula is C17H15FO2S. The average molecular weight is 302 g/mol. The fraction of sp³-hybridized carbons (Fsp3) is 0.235. The summed E-state index contributed by atoms with van der Waals surface area (Å²) < 4.78 is 19.2.